The summed E-state index contributed by atoms with van der Waals surface area (Å²) >= 11 is 0. The first kappa shape index (κ1) is 29.5. The number of alkyl halides is 3. The van der Waals surface area contributed by atoms with Gasteiger partial charge in [0.2, 0.25) is 0 Å². The lowest BCUT2D eigenvalue weighted by atomic mass is 10.0. The monoisotopic (exact) mass is 507 g/mol. The summed E-state index contributed by atoms with van der Waals surface area (Å²) < 4.78 is 50.3. The van der Waals surface area contributed by atoms with Crippen molar-refractivity contribution in [3.8, 4) is 5.75 Å². The van der Waals surface area contributed by atoms with Gasteiger partial charge in [-0.25, -0.2) is 4.79 Å². The van der Waals surface area contributed by atoms with Gasteiger partial charge < -0.3 is 9.47 Å². The Hall–Kier alpha value is -2.70. The van der Waals surface area contributed by atoms with Gasteiger partial charge in [0.1, 0.15) is 18.5 Å². The van der Waals surface area contributed by atoms with E-state index in [4.69, 9.17) is 9.47 Å². The minimum Gasteiger partial charge on any atom is -0.490 e. The number of carbonyl (C=O) groups excluding carboxylic acids is 1. The molecule has 0 aliphatic rings. The maximum absolute atomic E-state index is 13.0. The van der Waals surface area contributed by atoms with Crippen LogP contribution in [0.15, 0.2) is 48.5 Å². The molecule has 1 atom stereocenters. The molecule has 0 spiro atoms. The van der Waals surface area contributed by atoms with Crippen LogP contribution in [0.3, 0.4) is 0 Å². The molecule has 0 heterocycles. The van der Waals surface area contributed by atoms with Gasteiger partial charge in [0.15, 0.2) is 0 Å². The van der Waals surface area contributed by atoms with Gasteiger partial charge in [0, 0.05) is 5.69 Å². The fourth-order valence-electron chi connectivity index (χ4n) is 3.93. The highest BCUT2D eigenvalue weighted by Crippen LogP contribution is 2.30. The third-order valence-corrected chi connectivity index (χ3v) is 6.05. The fourth-order valence-corrected chi connectivity index (χ4v) is 3.93. The zero-order chi connectivity index (χ0) is 26.2. The predicted molar refractivity (Wildman–Crippen MR) is 138 cm³/mol. The highest BCUT2D eigenvalue weighted by Gasteiger charge is 2.30. The van der Waals surface area contributed by atoms with Crippen molar-refractivity contribution in [3.05, 3.63) is 59.7 Å². The number of carbonyl (C=O) groups is 1. The number of ether oxygens (including phenoxy) is 2. The second-order valence-electron chi connectivity index (χ2n) is 9.33. The first-order valence-corrected chi connectivity index (χ1v) is 13.1. The number of amides is 1. The van der Waals surface area contributed by atoms with Crippen molar-refractivity contribution < 1.29 is 27.4 Å². The number of benzene rings is 2. The number of aryl methyl sites for hydroxylation is 1. The number of halogens is 3. The first-order chi connectivity index (χ1) is 17.3. The van der Waals surface area contributed by atoms with Crippen molar-refractivity contribution in [3.63, 3.8) is 0 Å². The van der Waals surface area contributed by atoms with Gasteiger partial charge in [-0.2, -0.15) is 13.2 Å². The standard InChI is InChI=1S/C29H40F3NO3/c1-3-4-5-6-7-8-9-10-11-12-16-27(22-35-26-19-17-23(2)18-20-26)36-28(34)33-25-15-13-14-24(21-25)29(30,31)32/h13-15,17-21,27H,3-12,16,22H2,1-2H3,(H,33,34). The van der Waals surface area contributed by atoms with Crippen LogP contribution in [0.5, 0.6) is 5.75 Å². The summed E-state index contributed by atoms with van der Waals surface area (Å²) in [5.41, 5.74) is 0.317. The molecule has 4 nitrogen and oxygen atoms in total. The lowest BCUT2D eigenvalue weighted by molar-refractivity contribution is -0.137. The molecule has 0 aliphatic carbocycles. The van der Waals surface area contributed by atoms with Crippen molar-refractivity contribution >= 4 is 11.8 Å². The topological polar surface area (TPSA) is 47.6 Å². The number of nitrogens with one attached hydrogen (secondary N) is 1. The summed E-state index contributed by atoms with van der Waals surface area (Å²) in [4.78, 5) is 12.5. The number of hydrogen-bond acceptors (Lipinski definition) is 3. The van der Waals surface area contributed by atoms with E-state index < -0.39 is 23.9 Å². The van der Waals surface area contributed by atoms with Crippen LogP contribution in [0, 0.1) is 6.92 Å². The van der Waals surface area contributed by atoms with E-state index in [0.29, 0.717) is 12.2 Å². The second kappa shape index (κ2) is 16.1. The van der Waals surface area contributed by atoms with Crippen LogP contribution in [0.25, 0.3) is 0 Å². The molecule has 7 heteroatoms. The summed E-state index contributed by atoms with van der Waals surface area (Å²) in [5.74, 6) is 0.676. The van der Waals surface area contributed by atoms with Crippen molar-refractivity contribution in [2.45, 2.75) is 96.8 Å². The fraction of sp³-hybridized carbons (Fsp3) is 0.552. The minimum atomic E-state index is -4.48. The van der Waals surface area contributed by atoms with E-state index in [2.05, 4.69) is 12.2 Å². The summed E-state index contributed by atoms with van der Waals surface area (Å²) in [5, 5.41) is 2.41. The zero-order valence-corrected chi connectivity index (χ0v) is 21.5. The van der Waals surface area contributed by atoms with E-state index in [1.54, 1.807) is 0 Å². The second-order valence-corrected chi connectivity index (χ2v) is 9.33. The van der Waals surface area contributed by atoms with Gasteiger partial charge >= 0.3 is 12.3 Å². The van der Waals surface area contributed by atoms with Crippen LogP contribution in [-0.2, 0) is 10.9 Å². The van der Waals surface area contributed by atoms with Crippen molar-refractivity contribution in [2.24, 2.45) is 0 Å². The van der Waals surface area contributed by atoms with Crippen LogP contribution in [-0.4, -0.2) is 18.8 Å². The number of hydrogen-bond donors (Lipinski definition) is 1. The van der Waals surface area contributed by atoms with Crippen molar-refractivity contribution in [2.75, 3.05) is 11.9 Å². The first-order valence-electron chi connectivity index (χ1n) is 13.1. The lowest BCUT2D eigenvalue weighted by Gasteiger charge is -2.19. The number of rotatable bonds is 16. The Morgan fingerprint density at radius 1 is 0.889 bits per heavy atom. The van der Waals surface area contributed by atoms with Gasteiger partial charge in [-0.3, -0.25) is 5.32 Å². The molecular formula is C29H40F3NO3. The van der Waals surface area contributed by atoms with Crippen molar-refractivity contribution in [1.29, 1.82) is 0 Å². The molecule has 200 valence electrons. The normalized spacial score (nSPS) is 12.2. The largest absolute Gasteiger partial charge is 0.490 e. The van der Waals surface area contributed by atoms with E-state index >= 15 is 0 Å². The Balaban J connectivity index is 1.82. The molecule has 0 aliphatic heterocycles. The average molecular weight is 508 g/mol. The molecule has 2 rings (SSSR count). The molecule has 1 N–H and O–H groups in total. The molecule has 0 bridgehead atoms. The van der Waals surface area contributed by atoms with E-state index in [1.165, 1.54) is 57.1 Å². The number of unbranched alkanes of at least 4 members (excludes halogenated alkanes) is 9. The Morgan fingerprint density at radius 3 is 2.11 bits per heavy atom. The molecule has 1 amide bonds. The van der Waals surface area contributed by atoms with E-state index in [-0.39, 0.29) is 12.3 Å². The third-order valence-electron chi connectivity index (χ3n) is 6.05. The zero-order valence-electron chi connectivity index (χ0n) is 21.5. The van der Waals surface area contributed by atoms with Crippen LogP contribution in [0.1, 0.15) is 88.7 Å². The van der Waals surface area contributed by atoms with E-state index in [9.17, 15) is 18.0 Å². The molecule has 0 aromatic heterocycles. The van der Waals surface area contributed by atoms with E-state index in [0.717, 1.165) is 37.0 Å². The Kier molecular flexibility index (Phi) is 13.2. The minimum absolute atomic E-state index is 0.0342. The molecule has 0 saturated carbocycles. The van der Waals surface area contributed by atoms with Crippen molar-refractivity contribution in [1.82, 2.24) is 0 Å². The van der Waals surface area contributed by atoms with Gasteiger partial charge in [-0.1, -0.05) is 88.5 Å². The Labute approximate surface area is 213 Å². The summed E-state index contributed by atoms with van der Waals surface area (Å²) in [6.07, 6.45) is 6.82. The van der Waals surface area contributed by atoms with Gasteiger partial charge in [0.05, 0.1) is 5.56 Å². The SMILES string of the molecule is CCCCCCCCCCCCC(COc1ccc(C)cc1)OC(=O)Nc1cccc(C(F)(F)F)c1. The maximum atomic E-state index is 13.0. The molecule has 1 unspecified atom stereocenters. The quantitative estimate of drug-likeness (QED) is 0.230. The van der Waals surface area contributed by atoms with Gasteiger partial charge in [0.25, 0.3) is 0 Å². The maximum Gasteiger partial charge on any atom is 0.416 e. The predicted octanol–water partition coefficient (Wildman–Crippen LogP) is 9.32. The van der Waals surface area contributed by atoms with Crippen LogP contribution < -0.4 is 10.1 Å². The molecule has 2 aromatic carbocycles. The van der Waals surface area contributed by atoms with Crippen LogP contribution in [0.4, 0.5) is 23.7 Å². The summed E-state index contributed by atoms with van der Waals surface area (Å²) in [6.45, 7) is 4.38. The Morgan fingerprint density at radius 2 is 1.50 bits per heavy atom. The smallest absolute Gasteiger partial charge is 0.416 e. The number of anilines is 1. The van der Waals surface area contributed by atoms with Crippen LogP contribution >= 0.6 is 0 Å². The van der Waals surface area contributed by atoms with E-state index in [1.807, 2.05) is 31.2 Å². The lowest BCUT2D eigenvalue weighted by Crippen LogP contribution is -2.28. The molecule has 0 saturated heterocycles. The molecule has 36 heavy (non-hydrogen) atoms. The Bertz CT molecular complexity index is 884. The molecular weight excluding hydrogens is 467 g/mol. The average Bonchev–Trinajstić information content (AvgIpc) is 2.84. The highest BCUT2D eigenvalue weighted by molar-refractivity contribution is 5.84. The summed E-state index contributed by atoms with van der Waals surface area (Å²) in [6, 6.07) is 12.1. The third kappa shape index (κ3) is 12.3. The molecule has 2 aromatic rings. The van der Waals surface area contributed by atoms with Crippen LogP contribution in [0.2, 0.25) is 0 Å². The van der Waals surface area contributed by atoms with Gasteiger partial charge in [-0.05, 0) is 50.1 Å². The summed E-state index contributed by atoms with van der Waals surface area (Å²) in [7, 11) is 0. The highest BCUT2D eigenvalue weighted by atomic mass is 19.4. The van der Waals surface area contributed by atoms with Gasteiger partial charge in [-0.15, -0.1) is 0 Å². The molecule has 0 radical (unpaired) electrons. The molecule has 0 fully saturated rings.